The monoisotopic (exact) mass is 587 g/mol. The van der Waals surface area contributed by atoms with Crippen LogP contribution in [0.15, 0.2) is 85.2 Å². The van der Waals surface area contributed by atoms with Gasteiger partial charge in [0.25, 0.3) is 0 Å². The third kappa shape index (κ3) is 6.58. The van der Waals surface area contributed by atoms with Gasteiger partial charge in [0.15, 0.2) is 0 Å². The van der Waals surface area contributed by atoms with Crippen LogP contribution < -0.4 is 0 Å². The molecule has 0 saturated carbocycles. The topological polar surface area (TPSA) is 25.8 Å². The molecule has 2 aromatic carbocycles. The van der Waals surface area contributed by atoms with E-state index in [2.05, 4.69) is 22.1 Å². The van der Waals surface area contributed by atoms with E-state index in [4.69, 9.17) is 0 Å². The fourth-order valence-corrected chi connectivity index (χ4v) is 2.36. The Balaban J connectivity index is 0.000000218. The molecule has 4 rings (SSSR count). The fourth-order valence-electron chi connectivity index (χ4n) is 2.36. The van der Waals surface area contributed by atoms with Crippen molar-refractivity contribution in [3.63, 3.8) is 0 Å². The first-order valence-corrected chi connectivity index (χ1v) is 8.52. The molecule has 30 heavy (non-hydrogen) atoms. The van der Waals surface area contributed by atoms with E-state index in [0.29, 0.717) is 11.3 Å². The summed E-state index contributed by atoms with van der Waals surface area (Å²) in [6.07, 6.45) is -1.87. The molecule has 2 nitrogen and oxygen atoms in total. The minimum Gasteiger partial charge on any atom is -0.305 e. The number of halogens is 4. The van der Waals surface area contributed by atoms with Crippen molar-refractivity contribution >= 4 is 0 Å². The Hall–Kier alpha value is -2.89. The number of nitrogens with zero attached hydrogens (tertiary/aromatic N) is 2. The number of aromatic nitrogens is 2. The molecule has 7 heteroatoms. The summed E-state index contributed by atoms with van der Waals surface area (Å²) in [4.78, 5) is 7.89. The zero-order valence-corrected chi connectivity index (χ0v) is 17.7. The smallest absolute Gasteiger partial charge is 0.305 e. The molecule has 0 spiro atoms. The van der Waals surface area contributed by atoms with Crippen molar-refractivity contribution in [1.29, 1.82) is 0 Å². The van der Waals surface area contributed by atoms with Crippen LogP contribution in [0.3, 0.4) is 0 Å². The Labute approximate surface area is 185 Å². The van der Waals surface area contributed by atoms with E-state index in [0.717, 1.165) is 29.6 Å². The molecule has 4 aromatic rings. The van der Waals surface area contributed by atoms with Crippen LogP contribution in [0.5, 0.6) is 0 Å². The van der Waals surface area contributed by atoms with Crippen molar-refractivity contribution in [3.8, 4) is 22.5 Å². The van der Waals surface area contributed by atoms with Gasteiger partial charge in [0.1, 0.15) is 0 Å². The number of hydrogen-bond donors (Lipinski definition) is 0. The van der Waals surface area contributed by atoms with Gasteiger partial charge in [0, 0.05) is 38.3 Å². The third-order valence-electron chi connectivity index (χ3n) is 3.79. The first-order chi connectivity index (χ1) is 13.9. The van der Waals surface area contributed by atoms with Gasteiger partial charge in [-0.25, -0.2) is 0 Å². The molecule has 0 N–H and O–H groups in total. The average molecular weight is 587 g/mol. The molecule has 1 radical (unpaired) electrons. The van der Waals surface area contributed by atoms with Crippen LogP contribution in [0.4, 0.5) is 17.6 Å². The van der Waals surface area contributed by atoms with Crippen LogP contribution in [0.1, 0.15) is 5.56 Å². The normalized spacial score (nSPS) is 10.4. The van der Waals surface area contributed by atoms with Crippen molar-refractivity contribution in [3.05, 3.63) is 109 Å². The van der Waals surface area contributed by atoms with Crippen LogP contribution >= 0.6 is 0 Å². The Morgan fingerprint density at radius 2 is 1.47 bits per heavy atom. The molecule has 155 valence electrons. The van der Waals surface area contributed by atoms with Crippen molar-refractivity contribution in [2.45, 2.75) is 6.18 Å². The van der Waals surface area contributed by atoms with Crippen LogP contribution in [-0.2, 0) is 26.3 Å². The second-order valence-electron chi connectivity index (χ2n) is 5.84. The summed E-state index contributed by atoms with van der Waals surface area (Å²) < 4.78 is 49.5. The Morgan fingerprint density at radius 3 is 2.00 bits per heavy atom. The van der Waals surface area contributed by atoms with Gasteiger partial charge in [-0.1, -0.05) is 24.3 Å². The van der Waals surface area contributed by atoms with Crippen LogP contribution in [-0.4, -0.2) is 9.97 Å². The van der Waals surface area contributed by atoms with Crippen LogP contribution in [0.2, 0.25) is 0 Å². The Kier molecular flexibility index (Phi) is 8.39. The molecule has 0 bridgehead atoms. The molecule has 2 aromatic heterocycles. The van der Waals surface area contributed by atoms with Crippen LogP contribution in [0.25, 0.3) is 22.5 Å². The molecular weight excluding hydrogens is 572 g/mol. The second-order valence-corrected chi connectivity index (χ2v) is 5.84. The van der Waals surface area contributed by atoms with Gasteiger partial charge in [-0.3, -0.25) is 4.39 Å². The van der Waals surface area contributed by atoms with Gasteiger partial charge in [0.05, 0.1) is 5.56 Å². The first-order valence-electron chi connectivity index (χ1n) is 8.52. The molecule has 0 aliphatic rings. The van der Waals surface area contributed by atoms with E-state index in [-0.39, 0.29) is 20.1 Å². The van der Waals surface area contributed by atoms with Crippen molar-refractivity contribution in [2.75, 3.05) is 0 Å². The van der Waals surface area contributed by atoms with Gasteiger partial charge in [-0.2, -0.15) is 13.2 Å². The fraction of sp³-hybridized carbons (Fsp3) is 0.0435. The second kappa shape index (κ2) is 10.8. The molecule has 0 fully saturated rings. The van der Waals surface area contributed by atoms with Gasteiger partial charge in [-0.15, -0.1) is 65.7 Å². The first kappa shape index (κ1) is 23.4. The summed E-state index contributed by atoms with van der Waals surface area (Å²) in [7, 11) is 0. The maximum atomic E-state index is 12.6. The molecule has 2 heterocycles. The number of alkyl halides is 3. The van der Waals surface area contributed by atoms with Crippen LogP contribution in [0, 0.1) is 17.9 Å². The number of benzene rings is 2. The van der Waals surface area contributed by atoms with E-state index in [9.17, 15) is 17.6 Å². The average Bonchev–Trinajstić information content (AvgIpc) is 2.76. The van der Waals surface area contributed by atoms with E-state index in [1.165, 1.54) is 18.2 Å². The molecular formula is C23H14F4IrN2-2. The van der Waals surface area contributed by atoms with Gasteiger partial charge < -0.3 is 9.97 Å². The van der Waals surface area contributed by atoms with Crippen molar-refractivity contribution in [2.24, 2.45) is 0 Å². The predicted octanol–water partition coefficient (Wildman–Crippen LogP) is 6.25. The summed E-state index contributed by atoms with van der Waals surface area (Å²) in [5.41, 5.74) is 1.96. The maximum Gasteiger partial charge on any atom is 0.417 e. The summed E-state index contributed by atoms with van der Waals surface area (Å²) in [5.74, 6) is -0.458. The SMILES string of the molecule is Fc1c[c-]c(-c2ccc(C(F)(F)F)cn2)cc1.[Ir].[c-]1ccccc1-c1ccccn1. The molecule has 0 aliphatic carbocycles. The zero-order valence-electron chi connectivity index (χ0n) is 15.3. The number of rotatable bonds is 2. The maximum absolute atomic E-state index is 12.6. The van der Waals surface area contributed by atoms with E-state index in [1.807, 2.05) is 42.5 Å². The van der Waals surface area contributed by atoms with Gasteiger partial charge in [-0.05, 0) is 17.5 Å². The summed E-state index contributed by atoms with van der Waals surface area (Å²) >= 11 is 0. The standard InChI is InChI=1S/C12H6F4N.C11H8N.Ir/c13-10-4-1-8(2-5-10)11-6-3-9(7-17-11)12(14,15)16;1-2-6-10(7-3-1)11-8-4-5-9-12-11;/h1,3-7H;1-6,8-9H;/q2*-1;. The summed E-state index contributed by atoms with van der Waals surface area (Å²) in [5, 5.41) is 0. The van der Waals surface area contributed by atoms with Gasteiger partial charge in [0.2, 0.25) is 0 Å². The zero-order chi connectivity index (χ0) is 20.7. The molecule has 0 amide bonds. The van der Waals surface area contributed by atoms with Gasteiger partial charge >= 0.3 is 6.18 Å². The summed E-state index contributed by atoms with van der Waals surface area (Å²) in [6, 6.07) is 25.3. The quantitative estimate of drug-likeness (QED) is 0.205. The molecule has 0 saturated heterocycles. The third-order valence-corrected chi connectivity index (χ3v) is 3.79. The minimum absolute atomic E-state index is 0. The Morgan fingerprint density at radius 1 is 0.733 bits per heavy atom. The molecule has 0 unspecified atom stereocenters. The molecule has 0 aliphatic heterocycles. The largest absolute Gasteiger partial charge is 0.417 e. The van der Waals surface area contributed by atoms with Crippen molar-refractivity contribution < 1.29 is 37.7 Å². The number of pyridine rings is 2. The minimum atomic E-state index is -4.40. The van der Waals surface area contributed by atoms with E-state index < -0.39 is 17.6 Å². The Bertz CT molecular complexity index is 983. The molecule has 0 atom stereocenters. The summed E-state index contributed by atoms with van der Waals surface area (Å²) in [6.45, 7) is 0. The van der Waals surface area contributed by atoms with E-state index in [1.54, 1.807) is 6.20 Å². The predicted molar refractivity (Wildman–Crippen MR) is 102 cm³/mol. The van der Waals surface area contributed by atoms with Crippen molar-refractivity contribution in [1.82, 2.24) is 9.97 Å². The van der Waals surface area contributed by atoms with E-state index >= 15 is 0 Å². The number of hydrogen-bond acceptors (Lipinski definition) is 2.